The summed E-state index contributed by atoms with van der Waals surface area (Å²) >= 11 is 0. The van der Waals surface area contributed by atoms with Gasteiger partial charge in [-0.15, -0.1) is 9.42 Å². The van der Waals surface area contributed by atoms with E-state index in [1.165, 1.54) is 38.5 Å². The molecule has 96 valence electrons. The van der Waals surface area contributed by atoms with Crippen LogP contribution >= 0.6 is 8.25 Å². The average Bonchev–Trinajstić information content (AvgIpc) is 2.26. The molecule has 0 aliphatic rings. The smallest absolute Gasteiger partial charge is 0.133 e. The molecule has 0 rings (SSSR count). The molecule has 0 aliphatic heterocycles. The van der Waals surface area contributed by atoms with Gasteiger partial charge in [0.2, 0.25) is 0 Å². The molecule has 0 aromatic carbocycles. The van der Waals surface area contributed by atoms with Crippen molar-refractivity contribution in [2.24, 2.45) is 5.92 Å². The van der Waals surface area contributed by atoms with E-state index in [9.17, 15) is 4.57 Å². The van der Waals surface area contributed by atoms with E-state index in [1.54, 1.807) is 0 Å². The van der Waals surface area contributed by atoms with E-state index in [2.05, 4.69) is 18.4 Å². The Kier molecular flexibility index (Phi) is 11.5. The molecule has 3 nitrogen and oxygen atoms in total. The van der Waals surface area contributed by atoms with Crippen LogP contribution in [0.5, 0.6) is 0 Å². The maximum Gasteiger partial charge on any atom is 0.694 e. The second kappa shape index (κ2) is 11.5. The maximum atomic E-state index is 10.3. The second-order valence-electron chi connectivity index (χ2n) is 4.34. The van der Waals surface area contributed by atoms with Gasteiger partial charge in [0.05, 0.1) is 0 Å². The van der Waals surface area contributed by atoms with Crippen molar-refractivity contribution in [1.29, 1.82) is 0 Å². The van der Waals surface area contributed by atoms with Crippen LogP contribution in [0.25, 0.3) is 0 Å². The monoisotopic (exact) mass is 249 g/mol. The third-order valence-corrected chi connectivity index (χ3v) is 3.42. The SMILES string of the molecule is CCCCCCCC(CC)CCO[P+](=O)O. The van der Waals surface area contributed by atoms with Gasteiger partial charge in [0.1, 0.15) is 6.61 Å². The van der Waals surface area contributed by atoms with Crippen LogP contribution in [0.4, 0.5) is 0 Å². The zero-order chi connectivity index (χ0) is 12.2. The average molecular weight is 249 g/mol. The van der Waals surface area contributed by atoms with Gasteiger partial charge in [-0.2, -0.15) is 0 Å². The molecule has 0 aromatic heterocycles. The summed E-state index contributed by atoms with van der Waals surface area (Å²) in [6.45, 7) is 4.82. The summed E-state index contributed by atoms with van der Waals surface area (Å²) in [6.07, 6.45) is 9.84. The van der Waals surface area contributed by atoms with Crippen molar-refractivity contribution in [2.45, 2.75) is 65.2 Å². The van der Waals surface area contributed by atoms with Gasteiger partial charge in [-0.3, -0.25) is 0 Å². The molecule has 0 aromatic rings. The molecular formula is C12H26O3P+. The first-order valence-electron chi connectivity index (χ1n) is 6.49. The quantitative estimate of drug-likeness (QED) is 0.435. The van der Waals surface area contributed by atoms with E-state index >= 15 is 0 Å². The Bertz CT molecular complexity index is 174. The lowest BCUT2D eigenvalue weighted by atomic mass is 9.95. The van der Waals surface area contributed by atoms with Crippen LogP contribution in [0.1, 0.15) is 65.2 Å². The summed E-state index contributed by atoms with van der Waals surface area (Å²) in [6, 6.07) is 0. The molecule has 1 N–H and O–H groups in total. The summed E-state index contributed by atoms with van der Waals surface area (Å²) < 4.78 is 15.0. The fourth-order valence-corrected chi connectivity index (χ4v) is 2.15. The maximum absolute atomic E-state index is 10.3. The number of hydrogen-bond donors (Lipinski definition) is 1. The van der Waals surface area contributed by atoms with Crippen molar-refractivity contribution in [3.63, 3.8) is 0 Å². The first-order valence-corrected chi connectivity index (χ1v) is 7.62. The Morgan fingerprint density at radius 3 is 2.38 bits per heavy atom. The molecule has 0 radical (unpaired) electrons. The van der Waals surface area contributed by atoms with E-state index in [0.717, 1.165) is 12.8 Å². The summed E-state index contributed by atoms with van der Waals surface area (Å²) in [5.41, 5.74) is 0. The summed E-state index contributed by atoms with van der Waals surface area (Å²) in [7, 11) is -2.41. The van der Waals surface area contributed by atoms with Crippen LogP contribution in [0.15, 0.2) is 0 Å². The normalized spacial score (nSPS) is 13.8. The predicted octanol–water partition coefficient (Wildman–Crippen LogP) is 4.43. The number of unbranched alkanes of at least 4 members (excludes halogenated alkanes) is 4. The van der Waals surface area contributed by atoms with Gasteiger partial charge in [0.15, 0.2) is 0 Å². The van der Waals surface area contributed by atoms with E-state index in [4.69, 9.17) is 4.89 Å². The van der Waals surface area contributed by atoms with E-state index in [1.807, 2.05) is 0 Å². The topological polar surface area (TPSA) is 46.5 Å². The molecule has 4 heteroatoms. The Balaban J connectivity index is 3.40. The Morgan fingerprint density at radius 1 is 1.12 bits per heavy atom. The highest BCUT2D eigenvalue weighted by Crippen LogP contribution is 2.21. The zero-order valence-electron chi connectivity index (χ0n) is 10.7. The highest BCUT2D eigenvalue weighted by Gasteiger charge is 2.13. The van der Waals surface area contributed by atoms with E-state index in [-0.39, 0.29) is 0 Å². The van der Waals surface area contributed by atoms with Gasteiger partial charge >= 0.3 is 8.25 Å². The van der Waals surface area contributed by atoms with Crippen LogP contribution in [-0.2, 0) is 9.09 Å². The minimum Gasteiger partial charge on any atom is -0.133 e. The molecule has 0 saturated heterocycles. The minimum atomic E-state index is -2.41. The molecule has 0 heterocycles. The Labute approximate surface area is 101 Å². The summed E-state index contributed by atoms with van der Waals surface area (Å²) in [5, 5.41) is 0. The molecule has 0 fully saturated rings. The summed E-state index contributed by atoms with van der Waals surface area (Å²) in [5.74, 6) is 0.650. The molecule has 0 saturated carbocycles. The van der Waals surface area contributed by atoms with Crippen molar-refractivity contribution in [1.82, 2.24) is 0 Å². The molecule has 0 spiro atoms. The Morgan fingerprint density at radius 2 is 1.81 bits per heavy atom. The van der Waals surface area contributed by atoms with Gasteiger partial charge in [-0.25, -0.2) is 0 Å². The van der Waals surface area contributed by atoms with E-state index in [0.29, 0.717) is 12.5 Å². The van der Waals surface area contributed by atoms with Crippen molar-refractivity contribution in [3.8, 4) is 0 Å². The molecule has 0 amide bonds. The molecule has 0 bridgehead atoms. The second-order valence-corrected chi connectivity index (χ2v) is 5.07. The molecular weight excluding hydrogens is 223 g/mol. The van der Waals surface area contributed by atoms with Gasteiger partial charge < -0.3 is 0 Å². The highest BCUT2D eigenvalue weighted by atomic mass is 31.1. The van der Waals surface area contributed by atoms with E-state index < -0.39 is 8.25 Å². The molecule has 16 heavy (non-hydrogen) atoms. The van der Waals surface area contributed by atoms with Crippen molar-refractivity contribution < 1.29 is 14.0 Å². The lowest BCUT2D eigenvalue weighted by molar-refractivity contribution is 0.247. The third-order valence-electron chi connectivity index (χ3n) is 3.02. The van der Waals surface area contributed by atoms with Crippen molar-refractivity contribution >= 4 is 8.25 Å². The fraction of sp³-hybridized carbons (Fsp3) is 1.00. The third kappa shape index (κ3) is 10.5. The van der Waals surface area contributed by atoms with Crippen LogP contribution in [0.3, 0.4) is 0 Å². The lowest BCUT2D eigenvalue weighted by Gasteiger charge is -2.12. The van der Waals surface area contributed by atoms with Crippen molar-refractivity contribution in [3.05, 3.63) is 0 Å². The molecule has 0 aliphatic carbocycles. The van der Waals surface area contributed by atoms with Gasteiger partial charge in [-0.05, 0) is 12.3 Å². The summed E-state index contributed by atoms with van der Waals surface area (Å²) in [4.78, 5) is 8.50. The standard InChI is InChI=1S/C12H25O3P/c1-3-5-6-7-8-9-12(4-2)10-11-15-16(13)14/h12H,3-11H2,1-2H3/p+1. The molecule has 2 unspecified atom stereocenters. The first-order chi connectivity index (χ1) is 7.70. The van der Waals surface area contributed by atoms with Crippen LogP contribution in [0, 0.1) is 5.92 Å². The lowest BCUT2D eigenvalue weighted by Crippen LogP contribution is -2.02. The molecule has 2 atom stereocenters. The van der Waals surface area contributed by atoms with Crippen molar-refractivity contribution in [2.75, 3.05) is 6.61 Å². The van der Waals surface area contributed by atoms with Gasteiger partial charge in [0, 0.05) is 4.57 Å². The van der Waals surface area contributed by atoms with Gasteiger partial charge in [-0.1, -0.05) is 58.8 Å². The van der Waals surface area contributed by atoms with Crippen LogP contribution < -0.4 is 0 Å². The zero-order valence-corrected chi connectivity index (χ0v) is 11.5. The first kappa shape index (κ1) is 16.0. The highest BCUT2D eigenvalue weighted by molar-refractivity contribution is 7.32. The Hall–Kier alpha value is 0.0200. The van der Waals surface area contributed by atoms with Crippen LogP contribution in [0.2, 0.25) is 0 Å². The number of rotatable bonds is 11. The fourth-order valence-electron chi connectivity index (χ4n) is 1.89. The minimum absolute atomic E-state index is 0.416. The van der Waals surface area contributed by atoms with Crippen LogP contribution in [-0.4, -0.2) is 11.5 Å². The number of hydrogen-bond acceptors (Lipinski definition) is 2. The van der Waals surface area contributed by atoms with Gasteiger partial charge in [0.25, 0.3) is 0 Å². The largest absolute Gasteiger partial charge is 0.694 e. The predicted molar refractivity (Wildman–Crippen MR) is 67.6 cm³/mol.